The van der Waals surface area contributed by atoms with Gasteiger partial charge >= 0.3 is 0 Å². The van der Waals surface area contributed by atoms with Crippen LogP contribution in [0.5, 0.6) is 0 Å². The first-order valence-corrected chi connectivity index (χ1v) is 16.8. The van der Waals surface area contributed by atoms with Gasteiger partial charge in [0.1, 0.15) is 0 Å². The van der Waals surface area contributed by atoms with E-state index < -0.39 is 5.41 Å². The molecule has 1 heteroatoms. The summed E-state index contributed by atoms with van der Waals surface area (Å²) in [5.74, 6) is 0. The van der Waals surface area contributed by atoms with Crippen molar-refractivity contribution in [3.8, 4) is 33.4 Å². The van der Waals surface area contributed by atoms with Gasteiger partial charge in [0, 0.05) is 25.7 Å². The summed E-state index contributed by atoms with van der Waals surface area (Å²) < 4.78 is 2.70. The van der Waals surface area contributed by atoms with E-state index in [-0.39, 0.29) is 0 Å². The molecule has 0 saturated carbocycles. The zero-order chi connectivity index (χ0) is 30.0. The van der Waals surface area contributed by atoms with Crippen molar-refractivity contribution in [2.45, 2.75) is 5.41 Å². The Labute approximate surface area is 270 Å². The van der Waals surface area contributed by atoms with Gasteiger partial charge in [0.25, 0.3) is 0 Å². The molecule has 1 heterocycles. The van der Waals surface area contributed by atoms with Crippen molar-refractivity contribution < 1.29 is 0 Å². The van der Waals surface area contributed by atoms with Crippen LogP contribution in [0.2, 0.25) is 0 Å². The van der Waals surface area contributed by atoms with Crippen LogP contribution in [0.4, 0.5) is 0 Å². The molecule has 0 radical (unpaired) electrons. The summed E-state index contributed by atoms with van der Waals surface area (Å²) in [6, 6.07) is 59.5. The summed E-state index contributed by atoms with van der Waals surface area (Å²) in [5.41, 5.74) is 13.0. The molecule has 1 aromatic heterocycles. The van der Waals surface area contributed by atoms with E-state index in [4.69, 9.17) is 0 Å². The highest BCUT2D eigenvalue weighted by atomic mass is 32.1. The Morgan fingerprint density at radius 2 is 1.00 bits per heavy atom. The van der Waals surface area contributed by atoms with Crippen molar-refractivity contribution in [2.75, 3.05) is 0 Å². The molecule has 0 N–H and O–H groups in total. The van der Waals surface area contributed by atoms with Gasteiger partial charge in [-0.25, -0.2) is 0 Å². The first-order chi connectivity index (χ1) is 22.8. The number of thiophene rings is 1. The second-order valence-electron chi connectivity index (χ2n) is 12.8. The highest BCUT2D eigenvalue weighted by molar-refractivity contribution is 7.26. The molecule has 2 aliphatic rings. The maximum atomic E-state index is 2.55. The maximum absolute atomic E-state index is 2.55. The summed E-state index contributed by atoms with van der Waals surface area (Å²) in [4.78, 5) is 0. The maximum Gasteiger partial charge on any atom is 0.0725 e. The SMILES string of the molecule is c1ccc2c(c1)-c1ccc(-c3c4ccccc4cc4c3sc3ccccc34)cc1C21c2ccccc2-c2cccc3cccc1c23. The fourth-order valence-electron chi connectivity index (χ4n) is 8.89. The van der Waals surface area contributed by atoms with Crippen molar-refractivity contribution in [2.24, 2.45) is 0 Å². The highest BCUT2D eigenvalue weighted by Crippen LogP contribution is 2.62. The summed E-state index contributed by atoms with van der Waals surface area (Å²) in [6.07, 6.45) is 0. The van der Waals surface area contributed by atoms with Crippen LogP contribution in [0.1, 0.15) is 22.3 Å². The summed E-state index contributed by atoms with van der Waals surface area (Å²) >= 11 is 1.92. The van der Waals surface area contributed by atoms with E-state index in [9.17, 15) is 0 Å². The zero-order valence-corrected chi connectivity index (χ0v) is 25.7. The Kier molecular flexibility index (Phi) is 4.75. The predicted octanol–water partition coefficient (Wildman–Crippen LogP) is 12.4. The monoisotopic (exact) mass is 598 g/mol. The lowest BCUT2D eigenvalue weighted by atomic mass is 9.61. The number of fused-ring (bicyclic) bond motifs is 13. The molecule has 212 valence electrons. The summed E-state index contributed by atoms with van der Waals surface area (Å²) in [6.45, 7) is 0. The molecule has 0 nitrogen and oxygen atoms in total. The lowest BCUT2D eigenvalue weighted by Gasteiger charge is -2.40. The summed E-state index contributed by atoms with van der Waals surface area (Å²) in [5, 5.41) is 7.94. The smallest absolute Gasteiger partial charge is 0.0725 e. The Morgan fingerprint density at radius 3 is 1.85 bits per heavy atom. The van der Waals surface area contributed by atoms with Gasteiger partial charge in [-0.15, -0.1) is 11.3 Å². The molecule has 1 spiro atoms. The van der Waals surface area contributed by atoms with Crippen molar-refractivity contribution in [1.29, 1.82) is 0 Å². The molecular formula is C45H26S. The molecule has 0 saturated heterocycles. The van der Waals surface area contributed by atoms with Crippen LogP contribution in [0.25, 0.3) is 75.1 Å². The van der Waals surface area contributed by atoms with Gasteiger partial charge in [0.05, 0.1) is 5.41 Å². The van der Waals surface area contributed by atoms with E-state index in [2.05, 4.69) is 158 Å². The second kappa shape index (κ2) is 8.81. The van der Waals surface area contributed by atoms with E-state index in [0.29, 0.717) is 0 Å². The minimum Gasteiger partial charge on any atom is -0.135 e. The van der Waals surface area contributed by atoms with Crippen LogP contribution in [-0.2, 0) is 5.41 Å². The van der Waals surface area contributed by atoms with Gasteiger partial charge < -0.3 is 0 Å². The van der Waals surface area contributed by atoms with Gasteiger partial charge in [0.2, 0.25) is 0 Å². The van der Waals surface area contributed by atoms with E-state index in [0.717, 1.165) is 0 Å². The first-order valence-electron chi connectivity index (χ1n) is 16.0. The molecule has 1 atom stereocenters. The lowest BCUT2D eigenvalue weighted by molar-refractivity contribution is 0.774. The molecule has 0 amide bonds. The minimum absolute atomic E-state index is 0.420. The molecule has 0 bridgehead atoms. The van der Waals surface area contributed by atoms with Gasteiger partial charge in [-0.05, 0) is 89.8 Å². The van der Waals surface area contributed by atoms with Crippen LogP contribution in [-0.4, -0.2) is 0 Å². The minimum atomic E-state index is -0.420. The predicted molar refractivity (Wildman–Crippen MR) is 196 cm³/mol. The van der Waals surface area contributed by atoms with E-state index in [1.54, 1.807) is 0 Å². The molecular weight excluding hydrogens is 573 g/mol. The normalized spacial score (nSPS) is 15.9. The molecule has 11 rings (SSSR count). The third-order valence-electron chi connectivity index (χ3n) is 10.7. The Bertz CT molecular complexity index is 2760. The molecule has 0 aliphatic heterocycles. The van der Waals surface area contributed by atoms with E-state index in [1.807, 2.05) is 11.3 Å². The fourth-order valence-corrected chi connectivity index (χ4v) is 10.2. The van der Waals surface area contributed by atoms with Gasteiger partial charge in [-0.2, -0.15) is 0 Å². The van der Waals surface area contributed by atoms with Crippen molar-refractivity contribution in [1.82, 2.24) is 0 Å². The average molecular weight is 599 g/mol. The van der Waals surface area contributed by atoms with Crippen LogP contribution < -0.4 is 0 Å². The fraction of sp³-hybridized carbons (Fsp3) is 0.0222. The molecule has 0 fully saturated rings. The van der Waals surface area contributed by atoms with E-state index in [1.165, 1.54) is 97.4 Å². The number of rotatable bonds is 1. The number of benzene rings is 8. The van der Waals surface area contributed by atoms with Crippen molar-refractivity contribution >= 4 is 53.1 Å². The Balaban J connectivity index is 1.32. The Morgan fingerprint density at radius 1 is 0.391 bits per heavy atom. The molecule has 1 unspecified atom stereocenters. The standard InChI is InChI=1S/C45H26S/c1-2-14-30-28(11-1)25-36-34-17-5-8-22-41(34)46-44(36)43(30)29-23-24-33-31-15-3-6-19-37(31)45(40(33)26-29)38-20-7-4-16-32(38)35-18-9-12-27-13-10-21-39(45)42(27)35/h1-26H. The zero-order valence-electron chi connectivity index (χ0n) is 24.9. The molecule has 2 aliphatic carbocycles. The average Bonchev–Trinajstić information content (AvgIpc) is 3.63. The molecule has 9 aromatic rings. The topological polar surface area (TPSA) is 0 Å². The van der Waals surface area contributed by atoms with Gasteiger partial charge in [0.15, 0.2) is 0 Å². The second-order valence-corrected chi connectivity index (χ2v) is 13.8. The lowest BCUT2D eigenvalue weighted by Crippen LogP contribution is -2.31. The largest absolute Gasteiger partial charge is 0.135 e. The van der Waals surface area contributed by atoms with Crippen LogP contribution in [0.15, 0.2) is 158 Å². The van der Waals surface area contributed by atoms with Crippen molar-refractivity contribution in [3.05, 3.63) is 180 Å². The third kappa shape index (κ3) is 2.95. The van der Waals surface area contributed by atoms with Crippen LogP contribution in [0, 0.1) is 0 Å². The van der Waals surface area contributed by atoms with Crippen molar-refractivity contribution in [3.63, 3.8) is 0 Å². The van der Waals surface area contributed by atoms with Gasteiger partial charge in [-0.3, -0.25) is 0 Å². The number of hydrogen-bond donors (Lipinski definition) is 0. The van der Waals surface area contributed by atoms with E-state index >= 15 is 0 Å². The van der Waals surface area contributed by atoms with Gasteiger partial charge in [-0.1, -0.05) is 140 Å². The first kappa shape index (κ1) is 24.8. The van der Waals surface area contributed by atoms with Crippen LogP contribution in [0.3, 0.4) is 0 Å². The molecule has 8 aromatic carbocycles. The highest BCUT2D eigenvalue weighted by Gasteiger charge is 2.50. The van der Waals surface area contributed by atoms with Crippen LogP contribution >= 0.6 is 11.3 Å². The molecule has 46 heavy (non-hydrogen) atoms. The Hall–Kier alpha value is -5.50. The third-order valence-corrected chi connectivity index (χ3v) is 11.9. The quantitative estimate of drug-likeness (QED) is 0.176. The number of hydrogen-bond acceptors (Lipinski definition) is 1. The summed E-state index contributed by atoms with van der Waals surface area (Å²) in [7, 11) is 0.